The van der Waals surface area contributed by atoms with Crippen molar-refractivity contribution in [1.82, 2.24) is 5.43 Å². The molecule has 2 aromatic carbocycles. The summed E-state index contributed by atoms with van der Waals surface area (Å²) in [5, 5.41) is 5.07. The normalized spacial score (nSPS) is 12.6. The molecule has 0 bridgehead atoms. The quantitative estimate of drug-likeness (QED) is 0.373. The summed E-state index contributed by atoms with van der Waals surface area (Å²) in [5.74, 6) is 2.89. The second-order valence-electron chi connectivity index (χ2n) is 6.22. The number of rotatable bonds is 6. The number of nitrogens with two attached hydrogens (primary N) is 1. The predicted molar refractivity (Wildman–Crippen MR) is 111 cm³/mol. The number of nitrogens with one attached hydrogen (secondary N) is 1. The molecule has 1 aliphatic rings. The van der Waals surface area contributed by atoms with Crippen LogP contribution in [0, 0.1) is 0 Å². The molecule has 0 saturated carbocycles. The summed E-state index contributed by atoms with van der Waals surface area (Å²) in [6.07, 6.45) is 3.26. The first kappa shape index (κ1) is 18.1. The minimum Gasteiger partial charge on any atom is -0.493 e. The van der Waals surface area contributed by atoms with E-state index in [2.05, 4.69) is 16.6 Å². The van der Waals surface area contributed by atoms with Crippen LogP contribution >= 0.6 is 12.2 Å². The Morgan fingerprint density at radius 1 is 1.25 bits per heavy atom. The van der Waals surface area contributed by atoms with Crippen LogP contribution < -0.4 is 25.4 Å². The maximum atomic E-state index is 6.07. The van der Waals surface area contributed by atoms with Crippen molar-refractivity contribution >= 4 is 34.5 Å². The van der Waals surface area contributed by atoms with Gasteiger partial charge in [0.25, 0.3) is 0 Å². The number of aryl methyl sites for hydroxylation is 1. The van der Waals surface area contributed by atoms with Crippen molar-refractivity contribution in [3.63, 3.8) is 0 Å². The molecule has 2 heterocycles. The SMILES string of the molecule is COc1cc(CC/C=N/NC(N)=S)cc2cc(-c3ccc4c(c3)OCO4)oc12. The highest BCUT2D eigenvalue weighted by atomic mass is 32.1. The van der Waals surface area contributed by atoms with Gasteiger partial charge >= 0.3 is 0 Å². The Hall–Kier alpha value is -3.26. The molecular weight excluding hydrogens is 378 g/mol. The zero-order valence-corrected chi connectivity index (χ0v) is 16.0. The number of hydrogen-bond acceptors (Lipinski definition) is 6. The van der Waals surface area contributed by atoms with E-state index in [1.807, 2.05) is 30.3 Å². The topological polar surface area (TPSA) is 91.2 Å². The number of methoxy groups -OCH3 is 1. The zero-order valence-electron chi connectivity index (χ0n) is 15.2. The van der Waals surface area contributed by atoms with Crippen molar-refractivity contribution < 1.29 is 18.6 Å². The molecule has 0 fully saturated rings. The average Bonchev–Trinajstić information content (AvgIpc) is 3.32. The van der Waals surface area contributed by atoms with E-state index in [9.17, 15) is 0 Å². The van der Waals surface area contributed by atoms with E-state index in [1.165, 1.54) is 0 Å². The van der Waals surface area contributed by atoms with Gasteiger partial charge in [0.15, 0.2) is 27.9 Å². The third-order valence-electron chi connectivity index (χ3n) is 4.35. The lowest BCUT2D eigenvalue weighted by atomic mass is 10.1. The number of fused-ring (bicyclic) bond motifs is 2. The first-order valence-corrected chi connectivity index (χ1v) is 9.12. The van der Waals surface area contributed by atoms with Gasteiger partial charge in [-0.25, -0.2) is 0 Å². The zero-order chi connectivity index (χ0) is 19.5. The van der Waals surface area contributed by atoms with Crippen LogP contribution in [0.3, 0.4) is 0 Å². The molecule has 0 atom stereocenters. The Balaban J connectivity index is 1.59. The minimum atomic E-state index is 0.147. The fourth-order valence-electron chi connectivity index (χ4n) is 3.07. The van der Waals surface area contributed by atoms with E-state index < -0.39 is 0 Å². The van der Waals surface area contributed by atoms with Crippen LogP contribution in [0.25, 0.3) is 22.3 Å². The Bertz CT molecular complexity index is 1060. The summed E-state index contributed by atoms with van der Waals surface area (Å²) < 4.78 is 22.4. The van der Waals surface area contributed by atoms with Gasteiger partial charge in [-0.15, -0.1) is 0 Å². The molecular formula is C20H19N3O4S. The van der Waals surface area contributed by atoms with E-state index in [1.54, 1.807) is 13.3 Å². The summed E-state index contributed by atoms with van der Waals surface area (Å²) in [7, 11) is 1.63. The van der Waals surface area contributed by atoms with Crippen molar-refractivity contribution in [2.24, 2.45) is 10.8 Å². The van der Waals surface area contributed by atoms with Gasteiger partial charge in [0, 0.05) is 17.2 Å². The highest BCUT2D eigenvalue weighted by Crippen LogP contribution is 2.39. The molecule has 3 N–H and O–H groups in total. The maximum absolute atomic E-state index is 6.07. The molecule has 0 radical (unpaired) electrons. The largest absolute Gasteiger partial charge is 0.493 e. The Labute approximate surface area is 167 Å². The van der Waals surface area contributed by atoms with Crippen LogP contribution in [-0.2, 0) is 6.42 Å². The van der Waals surface area contributed by atoms with Gasteiger partial charge in [-0.3, -0.25) is 5.43 Å². The van der Waals surface area contributed by atoms with Crippen LogP contribution in [0.15, 0.2) is 45.9 Å². The second-order valence-corrected chi connectivity index (χ2v) is 6.66. The lowest BCUT2D eigenvalue weighted by molar-refractivity contribution is 0.174. The van der Waals surface area contributed by atoms with Gasteiger partial charge in [-0.1, -0.05) is 0 Å². The van der Waals surface area contributed by atoms with Gasteiger partial charge in [0.1, 0.15) is 5.76 Å². The number of ether oxygens (including phenoxy) is 3. The molecule has 0 spiro atoms. The van der Waals surface area contributed by atoms with E-state index in [0.717, 1.165) is 46.6 Å². The molecule has 4 rings (SSSR count). The van der Waals surface area contributed by atoms with Crippen molar-refractivity contribution in [3.8, 4) is 28.6 Å². The molecule has 1 aliphatic heterocycles. The Kier molecular flexibility index (Phi) is 5.03. The van der Waals surface area contributed by atoms with Crippen LogP contribution in [0.1, 0.15) is 12.0 Å². The molecule has 7 nitrogen and oxygen atoms in total. The third-order valence-corrected chi connectivity index (χ3v) is 4.44. The summed E-state index contributed by atoms with van der Waals surface area (Å²) in [6, 6.07) is 11.8. The highest BCUT2D eigenvalue weighted by Gasteiger charge is 2.17. The summed E-state index contributed by atoms with van der Waals surface area (Å²) in [5.41, 5.74) is 10.6. The Morgan fingerprint density at radius 3 is 2.93 bits per heavy atom. The molecule has 0 unspecified atom stereocenters. The molecule has 1 aromatic heterocycles. The van der Waals surface area contributed by atoms with Crippen molar-refractivity contribution in [2.45, 2.75) is 12.8 Å². The first-order chi connectivity index (χ1) is 13.6. The smallest absolute Gasteiger partial charge is 0.231 e. The lowest BCUT2D eigenvalue weighted by Crippen LogP contribution is -2.23. The fourth-order valence-corrected chi connectivity index (χ4v) is 3.13. The van der Waals surface area contributed by atoms with E-state index in [-0.39, 0.29) is 11.9 Å². The van der Waals surface area contributed by atoms with Crippen LogP contribution in [0.2, 0.25) is 0 Å². The number of nitrogens with zero attached hydrogens (tertiary/aromatic N) is 1. The van der Waals surface area contributed by atoms with Crippen molar-refractivity contribution in [1.29, 1.82) is 0 Å². The minimum absolute atomic E-state index is 0.147. The number of thiocarbonyl (C=S) groups is 1. The maximum Gasteiger partial charge on any atom is 0.231 e. The van der Waals surface area contributed by atoms with Gasteiger partial charge in [0.05, 0.1) is 7.11 Å². The van der Waals surface area contributed by atoms with Gasteiger partial charge < -0.3 is 24.4 Å². The third kappa shape index (κ3) is 3.72. The standard InChI is InChI=1S/C20H19N3O4S/c1-24-18-8-12(3-2-6-22-23-20(21)28)7-14-10-16(27-19(14)18)13-4-5-15-17(9-13)26-11-25-15/h4-10H,2-3,11H2,1H3,(H3,21,23,28)/b22-6+. The summed E-state index contributed by atoms with van der Waals surface area (Å²) >= 11 is 4.70. The molecule has 0 amide bonds. The van der Waals surface area contributed by atoms with Gasteiger partial charge in [0.2, 0.25) is 6.79 Å². The number of hydrogen-bond donors (Lipinski definition) is 2. The first-order valence-electron chi connectivity index (χ1n) is 8.71. The number of furan rings is 1. The van der Waals surface area contributed by atoms with Crippen LogP contribution in [0.5, 0.6) is 17.2 Å². The molecule has 0 aliphatic carbocycles. The second kappa shape index (κ2) is 7.77. The monoisotopic (exact) mass is 397 g/mol. The lowest BCUT2D eigenvalue weighted by Gasteiger charge is -2.04. The summed E-state index contributed by atoms with van der Waals surface area (Å²) in [6.45, 7) is 0.242. The van der Waals surface area contributed by atoms with Gasteiger partial charge in [-0.2, -0.15) is 5.10 Å². The molecule has 0 saturated heterocycles. The number of hydrazone groups is 1. The van der Waals surface area contributed by atoms with Crippen molar-refractivity contribution in [2.75, 3.05) is 13.9 Å². The van der Waals surface area contributed by atoms with E-state index in [0.29, 0.717) is 11.3 Å². The van der Waals surface area contributed by atoms with Crippen LogP contribution in [0.4, 0.5) is 0 Å². The summed E-state index contributed by atoms with van der Waals surface area (Å²) in [4.78, 5) is 0. The van der Waals surface area contributed by atoms with Gasteiger partial charge in [-0.05, 0) is 67.0 Å². The Morgan fingerprint density at radius 2 is 2.11 bits per heavy atom. The molecule has 8 heteroatoms. The number of benzene rings is 2. The molecule has 28 heavy (non-hydrogen) atoms. The van der Waals surface area contributed by atoms with Crippen LogP contribution in [-0.4, -0.2) is 25.2 Å². The molecule has 3 aromatic rings. The van der Waals surface area contributed by atoms with Crippen molar-refractivity contribution in [3.05, 3.63) is 42.0 Å². The highest BCUT2D eigenvalue weighted by molar-refractivity contribution is 7.80. The van der Waals surface area contributed by atoms with E-state index in [4.69, 9.17) is 36.6 Å². The van der Waals surface area contributed by atoms with E-state index >= 15 is 0 Å². The molecule has 144 valence electrons. The predicted octanol–water partition coefficient (Wildman–Crippen LogP) is 3.59. The average molecular weight is 397 g/mol. The fraction of sp³-hybridized carbons (Fsp3) is 0.200.